The van der Waals surface area contributed by atoms with Crippen LogP contribution in [0.2, 0.25) is 0 Å². The maximum Gasteiger partial charge on any atom is 0.174 e. The highest BCUT2D eigenvalue weighted by atomic mass is 127. The van der Waals surface area contributed by atoms with Gasteiger partial charge in [-0.1, -0.05) is 30.3 Å². The van der Waals surface area contributed by atoms with Gasteiger partial charge in [-0.25, -0.2) is 0 Å². The Morgan fingerprint density at radius 1 is 1.08 bits per heavy atom. The lowest BCUT2D eigenvalue weighted by Gasteiger charge is -2.18. The summed E-state index contributed by atoms with van der Waals surface area (Å²) >= 11 is 2.33. The first-order valence-electron chi connectivity index (χ1n) is 8.51. The summed E-state index contributed by atoms with van der Waals surface area (Å²) in [5.74, 6) is 1.70. The zero-order valence-corrected chi connectivity index (χ0v) is 17.0. The Morgan fingerprint density at radius 3 is 2.42 bits per heavy atom. The molecule has 24 heavy (non-hydrogen) atoms. The molecule has 0 unspecified atom stereocenters. The molecule has 4 heteroatoms. The van der Waals surface area contributed by atoms with Gasteiger partial charge in [0.1, 0.15) is 12.6 Å². The van der Waals surface area contributed by atoms with E-state index in [0.717, 1.165) is 21.6 Å². The molecule has 0 aliphatic carbocycles. The largest absolute Gasteiger partial charge is 0.490 e. The highest BCUT2D eigenvalue weighted by molar-refractivity contribution is 14.1. The SMILES string of the molecule is CCOc1cc(C[NH2+][C@@H](C)c2ccccc2)cc(I)c1OC(C)C. The van der Waals surface area contributed by atoms with Crippen LogP contribution in [-0.4, -0.2) is 12.7 Å². The van der Waals surface area contributed by atoms with Crippen LogP contribution in [0.1, 0.15) is 44.9 Å². The van der Waals surface area contributed by atoms with Gasteiger partial charge < -0.3 is 14.8 Å². The van der Waals surface area contributed by atoms with E-state index in [2.05, 4.69) is 77.3 Å². The fraction of sp³-hybridized carbons (Fsp3) is 0.400. The Morgan fingerprint density at radius 2 is 1.79 bits per heavy atom. The number of rotatable bonds is 8. The molecule has 0 heterocycles. The van der Waals surface area contributed by atoms with Crippen molar-refractivity contribution in [2.24, 2.45) is 0 Å². The van der Waals surface area contributed by atoms with E-state index >= 15 is 0 Å². The van der Waals surface area contributed by atoms with E-state index in [1.807, 2.05) is 20.8 Å². The summed E-state index contributed by atoms with van der Waals surface area (Å²) in [6, 6.07) is 15.3. The third-order valence-corrected chi connectivity index (χ3v) is 4.56. The van der Waals surface area contributed by atoms with Gasteiger partial charge in [0.05, 0.1) is 16.3 Å². The van der Waals surface area contributed by atoms with E-state index in [9.17, 15) is 0 Å². The van der Waals surface area contributed by atoms with Crippen molar-refractivity contribution in [2.75, 3.05) is 6.61 Å². The number of benzene rings is 2. The van der Waals surface area contributed by atoms with E-state index in [1.54, 1.807) is 0 Å². The second-order valence-electron chi connectivity index (χ2n) is 6.14. The van der Waals surface area contributed by atoms with Gasteiger partial charge in [-0.05, 0) is 62.4 Å². The minimum absolute atomic E-state index is 0.133. The Kier molecular flexibility index (Phi) is 7.37. The van der Waals surface area contributed by atoms with E-state index in [4.69, 9.17) is 9.47 Å². The summed E-state index contributed by atoms with van der Waals surface area (Å²) in [6.07, 6.45) is 0.133. The van der Waals surface area contributed by atoms with Gasteiger partial charge in [0.25, 0.3) is 0 Å². The number of ether oxygens (including phenoxy) is 2. The average Bonchev–Trinajstić information content (AvgIpc) is 2.56. The quantitative estimate of drug-likeness (QED) is 0.622. The first-order chi connectivity index (χ1) is 11.5. The first kappa shape index (κ1) is 19.1. The molecule has 2 aromatic rings. The number of quaternary nitrogens is 1. The highest BCUT2D eigenvalue weighted by Gasteiger charge is 2.15. The lowest BCUT2D eigenvalue weighted by molar-refractivity contribution is -0.707. The van der Waals surface area contributed by atoms with Crippen LogP contribution in [0, 0.1) is 3.57 Å². The zero-order chi connectivity index (χ0) is 17.5. The van der Waals surface area contributed by atoms with Gasteiger partial charge in [-0.3, -0.25) is 0 Å². The normalized spacial score (nSPS) is 12.2. The van der Waals surface area contributed by atoms with Gasteiger partial charge in [0, 0.05) is 11.1 Å². The summed E-state index contributed by atoms with van der Waals surface area (Å²) in [4.78, 5) is 0. The van der Waals surface area contributed by atoms with Crippen LogP contribution < -0.4 is 14.8 Å². The molecule has 3 nitrogen and oxygen atoms in total. The van der Waals surface area contributed by atoms with Crippen molar-refractivity contribution in [3.8, 4) is 11.5 Å². The minimum atomic E-state index is 0.133. The monoisotopic (exact) mass is 440 g/mol. The predicted octanol–water partition coefficient (Wildman–Crippen LogP) is 4.30. The molecule has 0 fully saturated rings. The molecule has 2 rings (SSSR count). The number of hydrogen-bond acceptors (Lipinski definition) is 2. The number of nitrogens with two attached hydrogens (primary N) is 1. The second kappa shape index (κ2) is 9.28. The average molecular weight is 440 g/mol. The van der Waals surface area contributed by atoms with Crippen molar-refractivity contribution in [3.05, 3.63) is 57.2 Å². The standard InChI is InChI=1S/C20H26INO2/c1-5-23-19-12-16(11-18(21)20(19)24-14(2)3)13-22-15(4)17-9-7-6-8-10-17/h6-12,14-15,22H,5,13H2,1-4H3/p+1/t15-/m0/s1. The van der Waals surface area contributed by atoms with Crippen molar-refractivity contribution in [3.63, 3.8) is 0 Å². The molecule has 2 aromatic carbocycles. The van der Waals surface area contributed by atoms with Crippen molar-refractivity contribution < 1.29 is 14.8 Å². The maximum absolute atomic E-state index is 5.94. The van der Waals surface area contributed by atoms with Crippen LogP contribution in [0.3, 0.4) is 0 Å². The smallest absolute Gasteiger partial charge is 0.174 e. The van der Waals surface area contributed by atoms with Crippen LogP contribution in [-0.2, 0) is 6.54 Å². The second-order valence-corrected chi connectivity index (χ2v) is 7.31. The lowest BCUT2D eigenvalue weighted by Crippen LogP contribution is -2.83. The molecule has 0 radical (unpaired) electrons. The predicted molar refractivity (Wildman–Crippen MR) is 107 cm³/mol. The number of hydrogen-bond donors (Lipinski definition) is 1. The van der Waals surface area contributed by atoms with Crippen LogP contribution in [0.15, 0.2) is 42.5 Å². The summed E-state index contributed by atoms with van der Waals surface area (Å²) in [7, 11) is 0. The molecule has 2 N–H and O–H groups in total. The van der Waals surface area contributed by atoms with E-state index in [1.165, 1.54) is 11.1 Å². The van der Waals surface area contributed by atoms with E-state index < -0.39 is 0 Å². The van der Waals surface area contributed by atoms with Crippen LogP contribution >= 0.6 is 22.6 Å². The Labute approximate surface area is 158 Å². The first-order valence-corrected chi connectivity index (χ1v) is 9.59. The zero-order valence-electron chi connectivity index (χ0n) is 14.9. The van der Waals surface area contributed by atoms with Crippen molar-refractivity contribution in [1.29, 1.82) is 0 Å². The third kappa shape index (κ3) is 5.38. The summed E-state index contributed by atoms with van der Waals surface area (Å²) in [6.45, 7) is 9.86. The maximum atomic E-state index is 5.94. The fourth-order valence-corrected chi connectivity index (χ4v) is 3.35. The Balaban J connectivity index is 2.12. The van der Waals surface area contributed by atoms with Gasteiger partial charge >= 0.3 is 0 Å². The fourth-order valence-electron chi connectivity index (χ4n) is 2.56. The van der Waals surface area contributed by atoms with Crippen molar-refractivity contribution in [2.45, 2.75) is 46.4 Å². The summed E-state index contributed by atoms with van der Waals surface area (Å²) in [5, 5.41) is 2.35. The van der Waals surface area contributed by atoms with Crippen LogP contribution in [0.25, 0.3) is 0 Å². The number of halogens is 1. The van der Waals surface area contributed by atoms with Gasteiger partial charge in [0.2, 0.25) is 0 Å². The Bertz CT molecular complexity index is 644. The van der Waals surface area contributed by atoms with Gasteiger partial charge in [-0.15, -0.1) is 0 Å². The molecule has 0 aromatic heterocycles. The van der Waals surface area contributed by atoms with E-state index in [-0.39, 0.29) is 6.10 Å². The van der Waals surface area contributed by atoms with Crippen molar-refractivity contribution >= 4 is 22.6 Å². The van der Waals surface area contributed by atoms with Crippen LogP contribution in [0.5, 0.6) is 11.5 Å². The van der Waals surface area contributed by atoms with Gasteiger partial charge in [0.15, 0.2) is 11.5 Å². The van der Waals surface area contributed by atoms with Gasteiger partial charge in [-0.2, -0.15) is 0 Å². The molecule has 0 amide bonds. The Hall–Kier alpha value is -1.27. The summed E-state index contributed by atoms with van der Waals surface area (Å²) < 4.78 is 12.8. The molecule has 0 aliphatic heterocycles. The molecular weight excluding hydrogens is 413 g/mol. The molecule has 0 bridgehead atoms. The topological polar surface area (TPSA) is 35.1 Å². The molecule has 1 atom stereocenters. The molecule has 0 aliphatic rings. The molecule has 0 saturated carbocycles. The molecule has 0 saturated heterocycles. The van der Waals surface area contributed by atoms with E-state index in [0.29, 0.717) is 12.6 Å². The molecule has 0 spiro atoms. The minimum Gasteiger partial charge on any atom is -0.490 e. The molecule has 130 valence electrons. The van der Waals surface area contributed by atoms with Crippen molar-refractivity contribution in [1.82, 2.24) is 0 Å². The third-order valence-electron chi connectivity index (χ3n) is 3.76. The van der Waals surface area contributed by atoms with Crippen LogP contribution in [0.4, 0.5) is 0 Å². The summed E-state index contributed by atoms with van der Waals surface area (Å²) in [5.41, 5.74) is 2.60. The molecular formula is C20H27INO2+. The lowest BCUT2D eigenvalue weighted by atomic mass is 10.1. The highest BCUT2D eigenvalue weighted by Crippen LogP contribution is 2.34.